The molecule has 0 atom stereocenters. The Balaban J connectivity index is 1.51. The van der Waals surface area contributed by atoms with E-state index in [0.717, 1.165) is 39.0 Å². The molecule has 0 aromatic heterocycles. The third-order valence-electron chi connectivity index (χ3n) is 5.84. The van der Waals surface area contributed by atoms with Gasteiger partial charge in [0.1, 0.15) is 12.4 Å². The second kappa shape index (κ2) is 8.51. The highest BCUT2D eigenvalue weighted by Gasteiger charge is 2.36. The number of allylic oxidation sites excluding steroid dienone is 1. The number of hydrogen-bond donors (Lipinski definition) is 1. The van der Waals surface area contributed by atoms with Gasteiger partial charge in [0.05, 0.1) is 10.4 Å². The van der Waals surface area contributed by atoms with Crippen LogP contribution in [0.25, 0.3) is 11.6 Å². The molecule has 0 aliphatic carbocycles. The Morgan fingerprint density at radius 1 is 1.15 bits per heavy atom. The van der Waals surface area contributed by atoms with Crippen molar-refractivity contribution >= 4 is 51.8 Å². The highest BCUT2D eigenvalue weighted by Crippen LogP contribution is 2.39. The van der Waals surface area contributed by atoms with E-state index in [1.807, 2.05) is 25.2 Å². The Labute approximate surface area is 196 Å². The van der Waals surface area contributed by atoms with Gasteiger partial charge >= 0.3 is 0 Å². The quantitative estimate of drug-likeness (QED) is 0.634. The Kier molecular flexibility index (Phi) is 5.88. The molecule has 0 saturated carbocycles. The van der Waals surface area contributed by atoms with E-state index >= 15 is 0 Å². The number of hydrogen-bond acceptors (Lipinski definition) is 5. The van der Waals surface area contributed by atoms with Crippen molar-refractivity contribution in [1.29, 1.82) is 0 Å². The molecular formula is C25H24FN3O3S. The van der Waals surface area contributed by atoms with Gasteiger partial charge in [-0.2, -0.15) is 0 Å². The number of carbonyl (C=O) groups is 3. The molecule has 3 amide bonds. The van der Waals surface area contributed by atoms with Crippen LogP contribution in [0.2, 0.25) is 0 Å². The summed E-state index contributed by atoms with van der Waals surface area (Å²) in [4.78, 5) is 40.9. The molecule has 0 bridgehead atoms. The highest BCUT2D eigenvalue weighted by atomic mass is 32.2. The number of nitrogens with zero attached hydrogens (tertiary/aromatic N) is 2. The van der Waals surface area contributed by atoms with Gasteiger partial charge in [-0.25, -0.2) is 4.39 Å². The Bertz CT molecular complexity index is 1220. The summed E-state index contributed by atoms with van der Waals surface area (Å²) in [5.41, 5.74) is 4.40. The van der Waals surface area contributed by atoms with E-state index in [0.29, 0.717) is 5.69 Å². The van der Waals surface area contributed by atoms with E-state index in [2.05, 4.69) is 37.1 Å². The molecule has 0 spiro atoms. The number of carbonyl (C=O) groups excluding carboxylic acids is 3. The number of halogens is 1. The fraction of sp³-hybridized carbons (Fsp3) is 0.240. The molecule has 170 valence electrons. The number of likely N-dealkylation sites (N-methyl/N-ethyl adjacent to an activating group) is 1. The smallest absolute Gasteiger partial charge is 0.294 e. The third kappa shape index (κ3) is 4.57. The van der Waals surface area contributed by atoms with Gasteiger partial charge in [-0.15, -0.1) is 0 Å². The molecular weight excluding hydrogens is 441 g/mol. The van der Waals surface area contributed by atoms with Crippen LogP contribution in [-0.2, 0) is 9.59 Å². The summed E-state index contributed by atoms with van der Waals surface area (Å²) in [7, 11) is 2.05. The maximum Gasteiger partial charge on any atom is 0.294 e. The van der Waals surface area contributed by atoms with Crippen LogP contribution in [0.3, 0.4) is 0 Å². The fourth-order valence-electron chi connectivity index (χ4n) is 3.93. The zero-order valence-corrected chi connectivity index (χ0v) is 19.6. The molecule has 0 unspecified atom stereocenters. The first-order valence-corrected chi connectivity index (χ1v) is 11.3. The minimum absolute atomic E-state index is 0.101. The van der Waals surface area contributed by atoms with Crippen molar-refractivity contribution in [3.63, 3.8) is 0 Å². The number of anilines is 2. The number of fused-ring (bicyclic) bond motifs is 1. The van der Waals surface area contributed by atoms with Gasteiger partial charge in [-0.05, 0) is 86.1 Å². The van der Waals surface area contributed by atoms with E-state index in [1.54, 1.807) is 6.08 Å². The Morgan fingerprint density at radius 2 is 1.85 bits per heavy atom. The molecule has 6 nitrogen and oxygen atoms in total. The van der Waals surface area contributed by atoms with E-state index in [1.165, 1.54) is 24.3 Å². The third-order valence-corrected chi connectivity index (χ3v) is 6.75. The summed E-state index contributed by atoms with van der Waals surface area (Å²) in [5, 5.41) is 2.06. The average Bonchev–Trinajstić information content (AvgIpc) is 3.01. The summed E-state index contributed by atoms with van der Waals surface area (Å²) in [6.07, 6.45) is 3.88. The lowest BCUT2D eigenvalue weighted by Crippen LogP contribution is -2.42. The fourth-order valence-corrected chi connectivity index (χ4v) is 4.77. The number of nitrogens with one attached hydrogen (secondary N) is 1. The summed E-state index contributed by atoms with van der Waals surface area (Å²) in [6.45, 7) is 5.95. The average molecular weight is 466 g/mol. The van der Waals surface area contributed by atoms with Crippen molar-refractivity contribution in [2.24, 2.45) is 0 Å². The van der Waals surface area contributed by atoms with Gasteiger partial charge in [-0.3, -0.25) is 19.3 Å². The molecule has 0 radical (unpaired) electrons. The first-order valence-electron chi connectivity index (χ1n) is 10.4. The topological polar surface area (TPSA) is 69.7 Å². The number of amides is 3. The lowest BCUT2D eigenvalue weighted by Gasteiger charge is -2.40. The van der Waals surface area contributed by atoms with Crippen molar-refractivity contribution in [3.8, 4) is 0 Å². The van der Waals surface area contributed by atoms with E-state index in [-0.39, 0.29) is 10.4 Å². The molecule has 1 saturated heterocycles. The maximum atomic E-state index is 13.0. The molecule has 2 aromatic carbocycles. The van der Waals surface area contributed by atoms with E-state index in [9.17, 15) is 18.8 Å². The van der Waals surface area contributed by atoms with Crippen molar-refractivity contribution in [1.82, 2.24) is 4.90 Å². The van der Waals surface area contributed by atoms with Crippen molar-refractivity contribution < 1.29 is 18.8 Å². The summed E-state index contributed by atoms with van der Waals surface area (Å²) in [6, 6.07) is 11.2. The minimum Gasteiger partial charge on any atom is -0.366 e. The SMILES string of the molecule is CC1=CC(C)(C)N(C)c2ccc(/C=C3/SC(=O)N(CC(=O)Nc4ccc(F)cc4)C3=O)cc21. The van der Waals surface area contributed by atoms with Crippen LogP contribution in [0.4, 0.5) is 20.6 Å². The van der Waals surface area contributed by atoms with Crippen LogP contribution in [0.15, 0.2) is 53.4 Å². The van der Waals surface area contributed by atoms with E-state index < -0.39 is 29.4 Å². The monoisotopic (exact) mass is 465 g/mol. The second-order valence-electron chi connectivity index (χ2n) is 8.64. The summed E-state index contributed by atoms with van der Waals surface area (Å²) >= 11 is 0.809. The van der Waals surface area contributed by atoms with Crippen molar-refractivity contribution in [2.75, 3.05) is 23.8 Å². The first-order chi connectivity index (χ1) is 15.5. The summed E-state index contributed by atoms with van der Waals surface area (Å²) in [5.74, 6) is -1.47. The zero-order chi connectivity index (χ0) is 23.9. The van der Waals surface area contributed by atoms with Crippen LogP contribution >= 0.6 is 11.8 Å². The van der Waals surface area contributed by atoms with Gasteiger partial charge in [0.15, 0.2) is 0 Å². The predicted molar refractivity (Wildman–Crippen MR) is 130 cm³/mol. The van der Waals surface area contributed by atoms with Gasteiger partial charge in [0, 0.05) is 24.0 Å². The standard InChI is InChI=1S/C25H24FN3O3S/c1-15-13-25(2,3)28(4)20-10-5-16(11-19(15)20)12-21-23(31)29(24(32)33-21)14-22(30)27-18-8-6-17(26)7-9-18/h5-13H,14H2,1-4H3,(H,27,30)/b21-12+. The molecule has 1 N–H and O–H groups in total. The van der Waals surface area contributed by atoms with Gasteiger partial charge in [0.25, 0.3) is 11.1 Å². The van der Waals surface area contributed by atoms with Crippen LogP contribution < -0.4 is 10.2 Å². The first kappa shape index (κ1) is 22.8. The molecule has 4 rings (SSSR count). The largest absolute Gasteiger partial charge is 0.366 e. The molecule has 8 heteroatoms. The number of benzene rings is 2. The molecule has 2 aliphatic rings. The lowest BCUT2D eigenvalue weighted by molar-refractivity contribution is -0.127. The second-order valence-corrected chi connectivity index (χ2v) is 9.63. The molecule has 2 aromatic rings. The van der Waals surface area contributed by atoms with Crippen molar-refractivity contribution in [3.05, 3.63) is 70.4 Å². The number of thioether (sulfide) groups is 1. The van der Waals surface area contributed by atoms with E-state index in [4.69, 9.17) is 0 Å². The van der Waals surface area contributed by atoms with Crippen molar-refractivity contribution in [2.45, 2.75) is 26.3 Å². The van der Waals surface area contributed by atoms with Crippen LogP contribution in [0, 0.1) is 5.82 Å². The summed E-state index contributed by atoms with van der Waals surface area (Å²) < 4.78 is 13.0. The van der Waals surface area contributed by atoms with Crippen LogP contribution in [0.5, 0.6) is 0 Å². The van der Waals surface area contributed by atoms with Gasteiger partial charge < -0.3 is 10.2 Å². The molecule has 1 fully saturated rings. The minimum atomic E-state index is -0.537. The van der Waals surface area contributed by atoms with Crippen LogP contribution in [-0.4, -0.2) is 41.1 Å². The Hall–Kier alpha value is -3.39. The zero-order valence-electron chi connectivity index (χ0n) is 18.8. The number of rotatable bonds is 4. The van der Waals surface area contributed by atoms with Gasteiger partial charge in [0.2, 0.25) is 5.91 Å². The molecule has 2 heterocycles. The molecule has 33 heavy (non-hydrogen) atoms. The van der Waals surface area contributed by atoms with Crippen LogP contribution in [0.1, 0.15) is 31.9 Å². The maximum absolute atomic E-state index is 13.0. The van der Waals surface area contributed by atoms with Gasteiger partial charge in [-0.1, -0.05) is 12.1 Å². The normalized spacial score (nSPS) is 18.5. The number of imide groups is 1. The Morgan fingerprint density at radius 3 is 2.55 bits per heavy atom. The molecule has 2 aliphatic heterocycles. The predicted octanol–water partition coefficient (Wildman–Crippen LogP) is 5.13. The lowest BCUT2D eigenvalue weighted by atomic mass is 9.88. The highest BCUT2D eigenvalue weighted by molar-refractivity contribution is 8.18.